The summed E-state index contributed by atoms with van der Waals surface area (Å²) in [4.78, 5) is 30.5. The van der Waals surface area contributed by atoms with Crippen LogP contribution in [0.5, 0.6) is 11.5 Å². The second kappa shape index (κ2) is 10.7. The lowest BCUT2D eigenvalue weighted by atomic mass is 10.2. The van der Waals surface area contributed by atoms with E-state index in [9.17, 15) is 19.1 Å². The van der Waals surface area contributed by atoms with Crippen LogP contribution >= 0.6 is 7.82 Å². The first kappa shape index (κ1) is 22.7. The van der Waals surface area contributed by atoms with Gasteiger partial charge in [-0.05, 0) is 72.8 Å². The molecule has 0 spiro atoms. The third kappa shape index (κ3) is 10.6. The number of phenolic OH excluding ortho intramolecular Hbond substituents is 1. The van der Waals surface area contributed by atoms with Crippen molar-refractivity contribution in [3.63, 3.8) is 0 Å². The Balaban J connectivity index is 0.000000217. The second-order valence-corrected chi connectivity index (χ2v) is 6.30. The van der Waals surface area contributed by atoms with Gasteiger partial charge in [0, 0.05) is 11.4 Å². The number of anilines is 2. The van der Waals surface area contributed by atoms with Gasteiger partial charge in [0.1, 0.15) is 19.3 Å². The van der Waals surface area contributed by atoms with Crippen LogP contribution < -0.4 is 25.8 Å². The second-order valence-electron chi connectivity index (χ2n) is 5.22. The molecule has 0 amide bonds. The van der Waals surface area contributed by atoms with Gasteiger partial charge in [-0.15, -0.1) is 0 Å². The van der Waals surface area contributed by atoms with Gasteiger partial charge in [-0.25, -0.2) is 0 Å². The molecular weight excluding hydrogens is 385 g/mol. The van der Waals surface area contributed by atoms with Crippen molar-refractivity contribution < 1.29 is 28.8 Å². The van der Waals surface area contributed by atoms with Crippen LogP contribution in [0.1, 0.15) is 0 Å². The van der Waals surface area contributed by atoms with Gasteiger partial charge in [-0.3, -0.25) is 4.79 Å². The Kier molecular flexibility index (Phi) is 8.64. The molecule has 0 saturated carbocycles. The number of rotatable bonds is 2. The van der Waals surface area contributed by atoms with Crippen molar-refractivity contribution in [2.24, 2.45) is 0 Å². The number of nitrogen functional groups attached to an aromatic ring is 2. The third-order valence-electron chi connectivity index (χ3n) is 2.84. The summed E-state index contributed by atoms with van der Waals surface area (Å²) in [7, 11) is -4.94. The van der Waals surface area contributed by atoms with Crippen molar-refractivity contribution in [2.45, 2.75) is 0 Å². The third-order valence-corrected chi connectivity index (χ3v) is 3.28. The molecule has 0 radical (unpaired) electrons. The van der Waals surface area contributed by atoms with Crippen LogP contribution in [-0.2, 0) is 9.36 Å². The molecule has 0 fully saturated rings. The molecule has 6 N–H and O–H groups in total. The first-order chi connectivity index (χ1) is 13.0. The van der Waals surface area contributed by atoms with Crippen molar-refractivity contribution in [3.8, 4) is 11.5 Å². The monoisotopic (exact) mass is 403 g/mol. The highest BCUT2D eigenvalue weighted by atomic mass is 31.2. The predicted octanol–water partition coefficient (Wildman–Crippen LogP) is 1.15. The summed E-state index contributed by atoms with van der Waals surface area (Å²) in [6.07, 6.45) is 5.70. The molecule has 2 aromatic rings. The van der Waals surface area contributed by atoms with Gasteiger partial charge in [0.2, 0.25) is 0 Å². The molecule has 3 rings (SSSR count). The molecule has 1 aliphatic carbocycles. The average molecular weight is 403 g/mol. The van der Waals surface area contributed by atoms with E-state index >= 15 is 0 Å². The van der Waals surface area contributed by atoms with Crippen molar-refractivity contribution >= 4 is 30.7 Å². The van der Waals surface area contributed by atoms with Crippen LogP contribution in [0.2, 0.25) is 0 Å². The topological polar surface area (TPSA) is 186 Å². The van der Waals surface area contributed by atoms with Gasteiger partial charge in [-0.2, -0.15) is 0 Å². The van der Waals surface area contributed by atoms with Gasteiger partial charge in [-0.1, -0.05) is 0 Å². The smallest absolute Gasteiger partial charge is 0.178 e. The molecule has 9 nitrogen and oxygen atoms in total. The molecule has 0 aliphatic heterocycles. The maximum atomic E-state index is 10.3. The lowest BCUT2D eigenvalue weighted by molar-refractivity contribution is -0.333. The SMILES string of the molecule is N=C1C=CC(=O)C=C1.Nc1ccc(O)cc1.Nc1ccc(OP(=O)([O-])[O-])cc1. The fourth-order valence-electron chi connectivity index (χ4n) is 1.59. The first-order valence-corrected chi connectivity index (χ1v) is 9.11. The van der Waals surface area contributed by atoms with E-state index in [-0.39, 0.29) is 17.3 Å². The lowest BCUT2D eigenvalue weighted by Crippen LogP contribution is -2.18. The maximum Gasteiger partial charge on any atom is 0.178 e. The number of phenols is 1. The summed E-state index contributed by atoms with van der Waals surface area (Å²) >= 11 is 0. The fraction of sp³-hybridized carbons (Fsp3) is 0. The Labute approximate surface area is 161 Å². The number of ketones is 1. The Morgan fingerprint density at radius 1 is 0.857 bits per heavy atom. The summed E-state index contributed by atoms with van der Waals surface area (Å²) in [5, 5.41) is 15.7. The summed E-state index contributed by atoms with van der Waals surface area (Å²) in [6, 6.07) is 11.9. The minimum Gasteiger partial charge on any atom is -0.780 e. The zero-order chi connectivity index (χ0) is 21.2. The van der Waals surface area contributed by atoms with Crippen molar-refractivity contribution in [1.82, 2.24) is 0 Å². The fourth-order valence-corrected chi connectivity index (χ4v) is 1.97. The van der Waals surface area contributed by atoms with E-state index in [4.69, 9.17) is 22.0 Å². The van der Waals surface area contributed by atoms with Crippen LogP contribution in [0.25, 0.3) is 0 Å². The van der Waals surface area contributed by atoms with Crippen molar-refractivity contribution in [2.75, 3.05) is 11.5 Å². The number of aromatic hydroxyl groups is 1. The number of nitrogens with two attached hydrogens (primary N) is 2. The molecule has 0 unspecified atom stereocenters. The van der Waals surface area contributed by atoms with Crippen LogP contribution in [-0.4, -0.2) is 16.6 Å². The maximum absolute atomic E-state index is 10.3. The highest BCUT2D eigenvalue weighted by molar-refractivity contribution is 7.43. The number of carbonyl (C=O) groups excluding carboxylic acids is 1. The molecule has 0 atom stereocenters. The molecule has 0 saturated heterocycles. The minimum absolute atomic E-state index is 0.0301. The minimum atomic E-state index is -4.94. The molecule has 0 bridgehead atoms. The van der Waals surface area contributed by atoms with E-state index in [2.05, 4.69) is 4.52 Å². The Bertz CT molecular complexity index is 843. The lowest BCUT2D eigenvalue weighted by Gasteiger charge is -2.28. The number of nitrogens with one attached hydrogen (secondary N) is 1. The molecule has 0 aromatic heterocycles. The molecule has 28 heavy (non-hydrogen) atoms. The highest BCUT2D eigenvalue weighted by Crippen LogP contribution is 2.29. The molecule has 148 valence electrons. The Morgan fingerprint density at radius 3 is 1.64 bits per heavy atom. The van der Waals surface area contributed by atoms with E-state index in [0.29, 0.717) is 17.1 Å². The largest absolute Gasteiger partial charge is 0.780 e. The molecule has 0 heterocycles. The van der Waals surface area contributed by atoms with Crippen LogP contribution in [0, 0.1) is 5.41 Å². The summed E-state index contributed by atoms with van der Waals surface area (Å²) < 4.78 is 14.1. The van der Waals surface area contributed by atoms with Gasteiger partial charge in [0.15, 0.2) is 5.78 Å². The van der Waals surface area contributed by atoms with Crippen LogP contribution in [0.3, 0.4) is 0 Å². The standard InChI is InChI=1S/C6H8NO4P.C6H7NO.C6H5NO/c7-5-1-3-6(4-2-5)11-12(8,9)10;2*7-5-1-3-6(8)4-2-5/h1-4H,7H2,(H2,8,9,10);1-4,8H,7H2;1-4,7H/p-2. The summed E-state index contributed by atoms with van der Waals surface area (Å²) in [5.74, 6) is 0.178. The Morgan fingerprint density at radius 2 is 1.29 bits per heavy atom. The van der Waals surface area contributed by atoms with Gasteiger partial charge in [0.25, 0.3) is 0 Å². The van der Waals surface area contributed by atoms with Gasteiger partial charge >= 0.3 is 0 Å². The molecule has 1 aliphatic rings. The first-order valence-electron chi connectivity index (χ1n) is 7.65. The van der Waals surface area contributed by atoms with Crippen LogP contribution in [0.15, 0.2) is 72.8 Å². The van der Waals surface area contributed by atoms with E-state index in [0.717, 1.165) is 0 Å². The zero-order valence-corrected chi connectivity index (χ0v) is 15.4. The molecular formula is C18H18N3O6P-2. The number of allylic oxidation sites excluding steroid dienone is 4. The van der Waals surface area contributed by atoms with E-state index < -0.39 is 7.82 Å². The van der Waals surface area contributed by atoms with Gasteiger partial charge < -0.3 is 40.9 Å². The zero-order valence-electron chi connectivity index (χ0n) is 14.5. The molecule has 10 heteroatoms. The summed E-state index contributed by atoms with van der Waals surface area (Å²) in [6.45, 7) is 0. The highest BCUT2D eigenvalue weighted by Gasteiger charge is 1.95. The number of hydrogen-bond acceptors (Lipinski definition) is 9. The number of carbonyl (C=O) groups is 1. The van der Waals surface area contributed by atoms with Gasteiger partial charge in [0.05, 0.1) is 5.71 Å². The summed E-state index contributed by atoms with van der Waals surface area (Å²) in [5.41, 5.74) is 12.1. The number of phosphoric acid groups is 1. The van der Waals surface area contributed by atoms with Crippen LogP contribution in [0.4, 0.5) is 11.4 Å². The quantitative estimate of drug-likeness (QED) is 0.249. The number of phosphoric ester groups is 1. The Hall–Kier alpha value is -3.39. The average Bonchev–Trinajstić information content (AvgIpc) is 2.62. The van der Waals surface area contributed by atoms with E-state index in [1.165, 1.54) is 48.6 Å². The van der Waals surface area contributed by atoms with Crippen molar-refractivity contribution in [1.29, 1.82) is 5.41 Å². The number of benzene rings is 2. The predicted molar refractivity (Wildman–Crippen MR) is 103 cm³/mol. The normalized spacial score (nSPS) is 12.4. The van der Waals surface area contributed by atoms with E-state index in [1.807, 2.05) is 0 Å². The number of hydrogen-bond donors (Lipinski definition) is 4. The van der Waals surface area contributed by atoms with E-state index in [1.54, 1.807) is 24.3 Å². The molecule has 2 aromatic carbocycles. The van der Waals surface area contributed by atoms with Crippen molar-refractivity contribution in [3.05, 3.63) is 72.8 Å².